The second-order valence-corrected chi connectivity index (χ2v) is 5.11. The van der Waals surface area contributed by atoms with Gasteiger partial charge in [-0.15, -0.1) is 0 Å². The summed E-state index contributed by atoms with van der Waals surface area (Å²) < 4.78 is 5.51. The van der Waals surface area contributed by atoms with E-state index in [4.69, 9.17) is 4.74 Å². The van der Waals surface area contributed by atoms with E-state index in [1.807, 2.05) is 0 Å². The van der Waals surface area contributed by atoms with E-state index < -0.39 is 0 Å². The van der Waals surface area contributed by atoms with Gasteiger partial charge in [-0.2, -0.15) is 0 Å². The van der Waals surface area contributed by atoms with E-state index in [2.05, 4.69) is 24.1 Å². The van der Waals surface area contributed by atoms with Crippen LogP contribution in [0.25, 0.3) is 0 Å². The molecule has 1 aromatic carbocycles. The minimum Gasteiger partial charge on any atom is -0.496 e. The standard InChI is InChI=1S/C14H19NO/c1-15-8-11-5-3-4-10-6-7-13(16-2)12(9-15)14(10)11/h6-7,11H,3-5,8-9H2,1-2H3/t11-/m0/s1. The van der Waals surface area contributed by atoms with Crippen LogP contribution >= 0.6 is 0 Å². The first-order valence-corrected chi connectivity index (χ1v) is 6.17. The number of likely N-dealkylation sites (N-methyl/N-ethyl adjacent to an activating group) is 1. The molecule has 1 aliphatic heterocycles. The van der Waals surface area contributed by atoms with Crippen LogP contribution in [0.5, 0.6) is 5.75 Å². The van der Waals surface area contributed by atoms with E-state index in [0.717, 1.165) is 18.2 Å². The van der Waals surface area contributed by atoms with Gasteiger partial charge >= 0.3 is 0 Å². The minimum absolute atomic E-state index is 0.743. The van der Waals surface area contributed by atoms with Gasteiger partial charge in [0, 0.05) is 18.7 Å². The third-order valence-corrected chi connectivity index (χ3v) is 3.99. The number of methoxy groups -OCH3 is 1. The first kappa shape index (κ1) is 10.2. The van der Waals surface area contributed by atoms with Gasteiger partial charge in [-0.25, -0.2) is 0 Å². The van der Waals surface area contributed by atoms with Crippen molar-refractivity contribution in [2.24, 2.45) is 0 Å². The average Bonchev–Trinajstić information content (AvgIpc) is 2.29. The molecule has 0 bridgehead atoms. The Hall–Kier alpha value is -1.02. The van der Waals surface area contributed by atoms with Crippen molar-refractivity contribution in [3.63, 3.8) is 0 Å². The van der Waals surface area contributed by atoms with E-state index in [-0.39, 0.29) is 0 Å². The van der Waals surface area contributed by atoms with Crippen LogP contribution in [0, 0.1) is 0 Å². The van der Waals surface area contributed by atoms with E-state index in [1.165, 1.54) is 31.4 Å². The maximum atomic E-state index is 5.51. The molecule has 1 aromatic rings. The van der Waals surface area contributed by atoms with Crippen molar-refractivity contribution in [3.8, 4) is 5.75 Å². The van der Waals surface area contributed by atoms with Gasteiger partial charge in [0.15, 0.2) is 0 Å². The molecule has 2 aliphatic rings. The molecule has 2 heteroatoms. The lowest BCUT2D eigenvalue weighted by molar-refractivity contribution is 0.259. The summed E-state index contributed by atoms with van der Waals surface area (Å²) in [6.07, 6.45) is 3.95. The Balaban J connectivity index is 2.17. The van der Waals surface area contributed by atoms with E-state index in [9.17, 15) is 0 Å². The van der Waals surface area contributed by atoms with Gasteiger partial charge in [0.05, 0.1) is 7.11 Å². The fourth-order valence-electron chi connectivity index (χ4n) is 3.35. The maximum absolute atomic E-state index is 5.51. The fraction of sp³-hybridized carbons (Fsp3) is 0.571. The van der Waals surface area contributed by atoms with Crippen LogP contribution in [0.4, 0.5) is 0 Å². The van der Waals surface area contributed by atoms with Gasteiger partial charge in [0.2, 0.25) is 0 Å². The molecule has 0 unspecified atom stereocenters. The average molecular weight is 217 g/mol. The molecule has 1 aliphatic carbocycles. The van der Waals surface area contributed by atoms with Gasteiger partial charge in [0.25, 0.3) is 0 Å². The van der Waals surface area contributed by atoms with Crippen LogP contribution in [0.1, 0.15) is 35.4 Å². The van der Waals surface area contributed by atoms with Gasteiger partial charge in [-0.1, -0.05) is 6.07 Å². The molecule has 3 rings (SSSR count). The summed E-state index contributed by atoms with van der Waals surface area (Å²) in [7, 11) is 3.99. The summed E-state index contributed by atoms with van der Waals surface area (Å²) in [5, 5.41) is 0. The van der Waals surface area contributed by atoms with E-state index in [1.54, 1.807) is 18.2 Å². The molecule has 0 N–H and O–H groups in total. The fourth-order valence-corrected chi connectivity index (χ4v) is 3.35. The summed E-state index contributed by atoms with van der Waals surface area (Å²) in [6.45, 7) is 2.26. The van der Waals surface area contributed by atoms with Crippen LogP contribution in [-0.2, 0) is 13.0 Å². The lowest BCUT2D eigenvalue weighted by Gasteiger charge is -2.37. The highest BCUT2D eigenvalue weighted by atomic mass is 16.5. The molecule has 0 saturated heterocycles. The van der Waals surface area contributed by atoms with Gasteiger partial charge in [-0.05, 0) is 49.4 Å². The van der Waals surface area contributed by atoms with Crippen LogP contribution < -0.4 is 4.74 Å². The summed E-state index contributed by atoms with van der Waals surface area (Å²) in [5.41, 5.74) is 4.63. The number of ether oxygens (including phenoxy) is 1. The number of hydrogen-bond donors (Lipinski definition) is 0. The smallest absolute Gasteiger partial charge is 0.123 e. The van der Waals surface area contributed by atoms with Crippen molar-refractivity contribution in [1.82, 2.24) is 4.90 Å². The Bertz CT molecular complexity index is 413. The number of rotatable bonds is 1. The van der Waals surface area contributed by atoms with E-state index in [0.29, 0.717) is 0 Å². The Morgan fingerprint density at radius 1 is 1.38 bits per heavy atom. The van der Waals surface area contributed by atoms with Crippen molar-refractivity contribution in [3.05, 3.63) is 28.8 Å². The summed E-state index contributed by atoms with van der Waals surface area (Å²) in [6, 6.07) is 4.42. The van der Waals surface area contributed by atoms with Crippen LogP contribution in [0.2, 0.25) is 0 Å². The second-order valence-electron chi connectivity index (χ2n) is 5.11. The zero-order chi connectivity index (χ0) is 11.1. The Labute approximate surface area is 97.2 Å². The van der Waals surface area contributed by atoms with Crippen LogP contribution in [0.15, 0.2) is 12.1 Å². The van der Waals surface area contributed by atoms with Crippen LogP contribution in [0.3, 0.4) is 0 Å². The molecule has 1 atom stereocenters. The first-order chi connectivity index (χ1) is 7.79. The molecule has 16 heavy (non-hydrogen) atoms. The number of hydrogen-bond acceptors (Lipinski definition) is 2. The third kappa shape index (κ3) is 1.44. The number of aryl methyl sites for hydroxylation is 1. The molecular formula is C14H19NO. The van der Waals surface area contributed by atoms with Gasteiger partial charge < -0.3 is 9.64 Å². The highest BCUT2D eigenvalue weighted by Gasteiger charge is 2.30. The first-order valence-electron chi connectivity index (χ1n) is 6.17. The summed E-state index contributed by atoms with van der Waals surface area (Å²) >= 11 is 0. The van der Waals surface area contributed by atoms with Gasteiger partial charge in [0.1, 0.15) is 5.75 Å². The Kier molecular flexibility index (Phi) is 2.40. The van der Waals surface area contributed by atoms with Crippen molar-refractivity contribution >= 4 is 0 Å². The summed E-state index contributed by atoms with van der Waals surface area (Å²) in [4.78, 5) is 2.42. The lowest BCUT2D eigenvalue weighted by Crippen LogP contribution is -2.33. The largest absolute Gasteiger partial charge is 0.496 e. The predicted molar refractivity (Wildman–Crippen MR) is 65.0 cm³/mol. The monoisotopic (exact) mass is 217 g/mol. The SMILES string of the molecule is COc1ccc2c3c1CN(C)C[C@@H]3CCC2. The Morgan fingerprint density at radius 3 is 3.06 bits per heavy atom. The van der Waals surface area contributed by atoms with Crippen molar-refractivity contribution in [2.75, 3.05) is 20.7 Å². The molecule has 0 amide bonds. The Morgan fingerprint density at radius 2 is 2.25 bits per heavy atom. The lowest BCUT2D eigenvalue weighted by atomic mass is 9.77. The predicted octanol–water partition coefficient (Wildman–Crippen LogP) is 2.56. The van der Waals surface area contributed by atoms with E-state index >= 15 is 0 Å². The second kappa shape index (κ2) is 3.77. The molecule has 0 radical (unpaired) electrons. The zero-order valence-electron chi connectivity index (χ0n) is 10.1. The van der Waals surface area contributed by atoms with Crippen molar-refractivity contribution in [1.29, 1.82) is 0 Å². The minimum atomic E-state index is 0.743. The molecule has 0 aromatic heterocycles. The van der Waals surface area contributed by atoms with Crippen LogP contribution in [-0.4, -0.2) is 25.6 Å². The zero-order valence-corrected chi connectivity index (χ0v) is 10.1. The molecule has 0 saturated carbocycles. The molecule has 86 valence electrons. The van der Waals surface area contributed by atoms with Crippen molar-refractivity contribution in [2.45, 2.75) is 31.7 Å². The highest BCUT2D eigenvalue weighted by Crippen LogP contribution is 2.41. The number of nitrogens with zero attached hydrogens (tertiary/aromatic N) is 1. The van der Waals surface area contributed by atoms with Gasteiger partial charge in [-0.3, -0.25) is 0 Å². The molecule has 2 nitrogen and oxygen atoms in total. The maximum Gasteiger partial charge on any atom is 0.123 e. The van der Waals surface area contributed by atoms with Crippen molar-refractivity contribution < 1.29 is 4.74 Å². The molecule has 0 spiro atoms. The molecule has 0 fully saturated rings. The molecular weight excluding hydrogens is 198 g/mol. The normalized spacial score (nSPS) is 24.0. The third-order valence-electron chi connectivity index (χ3n) is 3.99. The topological polar surface area (TPSA) is 12.5 Å². The number of benzene rings is 1. The highest BCUT2D eigenvalue weighted by molar-refractivity contribution is 5.49. The molecule has 1 heterocycles. The quantitative estimate of drug-likeness (QED) is 0.717. The summed E-state index contributed by atoms with van der Waals surface area (Å²) in [5.74, 6) is 1.82.